The van der Waals surface area contributed by atoms with E-state index in [4.69, 9.17) is 0 Å². The number of carboxylic acids is 1. The summed E-state index contributed by atoms with van der Waals surface area (Å²) in [5, 5.41) is 12.6. The lowest BCUT2D eigenvalue weighted by atomic mass is 9.82. The first-order chi connectivity index (χ1) is 17.3. The monoisotopic (exact) mass is 496 g/mol. The van der Waals surface area contributed by atoms with Crippen molar-refractivity contribution in [2.24, 2.45) is 0 Å². The van der Waals surface area contributed by atoms with Crippen molar-refractivity contribution in [1.29, 1.82) is 0 Å². The van der Waals surface area contributed by atoms with E-state index in [9.17, 15) is 9.90 Å². The Morgan fingerprint density at radius 3 is 1.67 bits per heavy atom. The zero-order valence-electron chi connectivity index (χ0n) is 21.7. The van der Waals surface area contributed by atoms with E-state index >= 15 is 0 Å². The van der Waals surface area contributed by atoms with Crippen LogP contribution in [0.25, 0.3) is 0 Å². The van der Waals surface area contributed by atoms with Gasteiger partial charge in [0.15, 0.2) is 0 Å². The highest BCUT2D eigenvalue weighted by Gasteiger charge is 2.41. The van der Waals surface area contributed by atoms with E-state index in [-0.39, 0.29) is 5.92 Å². The highest BCUT2D eigenvalue weighted by atomic mass is 28.3. The maximum absolute atomic E-state index is 11.6. The van der Waals surface area contributed by atoms with Crippen LogP contribution in [0, 0.1) is 6.92 Å². The van der Waals surface area contributed by atoms with Crippen LogP contribution in [0.5, 0.6) is 0 Å². The van der Waals surface area contributed by atoms with Gasteiger partial charge in [0.2, 0.25) is 0 Å². The number of nitrogens with zero attached hydrogens (tertiary/aromatic N) is 2. The van der Waals surface area contributed by atoms with Gasteiger partial charge >= 0.3 is 5.97 Å². The Labute approximate surface area is 215 Å². The molecular weight excluding hydrogens is 460 g/mol. The molecule has 0 bridgehead atoms. The number of aryl methyl sites for hydroxylation is 1. The van der Waals surface area contributed by atoms with Crippen LogP contribution in [0.4, 0.5) is 11.4 Å². The van der Waals surface area contributed by atoms with Crippen LogP contribution >= 0.6 is 0 Å². The van der Waals surface area contributed by atoms with Crippen molar-refractivity contribution >= 4 is 35.8 Å². The fourth-order valence-corrected chi connectivity index (χ4v) is 10.0. The number of hydrogen-bond acceptors (Lipinski definition) is 3. The zero-order valence-corrected chi connectivity index (χ0v) is 22.7. The fourth-order valence-electron chi connectivity index (χ4n) is 6.80. The summed E-state index contributed by atoms with van der Waals surface area (Å²) in [6.07, 6.45) is 5.10. The van der Waals surface area contributed by atoms with E-state index in [0.717, 1.165) is 31.7 Å². The Morgan fingerprint density at radius 2 is 1.22 bits per heavy atom. The van der Waals surface area contributed by atoms with Crippen molar-refractivity contribution in [3.8, 4) is 0 Å². The standard InChI is InChI=1S/C31H36N2O2Si/c1-21-18-22(31(34)35)8-11-25(21)30-26-12-9-23(32-14-4-5-15-32)19-28(26)36(2,3)29-20-24(10-13-27(29)30)33-16-6-7-17-33/h8-13,18-20,30H,4-7,14-17H2,1-3H3,(H,34,35). The van der Waals surface area contributed by atoms with Crippen molar-refractivity contribution in [1.82, 2.24) is 0 Å². The Bertz CT molecular complexity index is 1270. The third-order valence-electron chi connectivity index (χ3n) is 8.81. The number of fused-ring (bicyclic) bond motifs is 2. The van der Waals surface area contributed by atoms with E-state index in [1.165, 1.54) is 64.1 Å². The molecule has 186 valence electrons. The minimum atomic E-state index is -1.96. The largest absolute Gasteiger partial charge is 0.478 e. The molecule has 0 spiro atoms. The van der Waals surface area contributed by atoms with Gasteiger partial charge in [-0.05, 0) is 102 Å². The molecule has 3 aromatic rings. The summed E-state index contributed by atoms with van der Waals surface area (Å²) in [4.78, 5) is 16.7. The molecule has 0 aromatic heterocycles. The summed E-state index contributed by atoms with van der Waals surface area (Å²) in [6.45, 7) is 11.7. The summed E-state index contributed by atoms with van der Waals surface area (Å²) in [6, 6.07) is 20.1. The second-order valence-electron chi connectivity index (χ2n) is 11.4. The van der Waals surface area contributed by atoms with E-state index in [1.54, 1.807) is 6.07 Å². The van der Waals surface area contributed by atoms with Gasteiger partial charge in [0.25, 0.3) is 0 Å². The number of carbonyl (C=O) groups is 1. The van der Waals surface area contributed by atoms with Crippen molar-refractivity contribution in [3.05, 3.63) is 82.4 Å². The van der Waals surface area contributed by atoms with Gasteiger partial charge in [0, 0.05) is 43.5 Å². The van der Waals surface area contributed by atoms with Gasteiger partial charge in [-0.25, -0.2) is 4.79 Å². The number of aromatic carboxylic acids is 1. The topological polar surface area (TPSA) is 43.8 Å². The molecule has 3 heterocycles. The minimum Gasteiger partial charge on any atom is -0.478 e. The molecule has 0 aliphatic carbocycles. The molecule has 0 amide bonds. The maximum Gasteiger partial charge on any atom is 0.335 e. The molecule has 0 unspecified atom stereocenters. The average Bonchev–Trinajstić information content (AvgIpc) is 3.60. The van der Waals surface area contributed by atoms with Gasteiger partial charge in [0.1, 0.15) is 8.07 Å². The normalized spacial score (nSPS) is 18.9. The highest BCUT2D eigenvalue weighted by Crippen LogP contribution is 2.39. The van der Waals surface area contributed by atoms with Crippen molar-refractivity contribution in [3.63, 3.8) is 0 Å². The number of benzene rings is 3. The van der Waals surface area contributed by atoms with Gasteiger partial charge in [-0.2, -0.15) is 0 Å². The van der Waals surface area contributed by atoms with Gasteiger partial charge in [-0.1, -0.05) is 31.3 Å². The van der Waals surface area contributed by atoms with Crippen LogP contribution < -0.4 is 20.2 Å². The van der Waals surface area contributed by atoms with Gasteiger partial charge in [0.05, 0.1) is 5.56 Å². The predicted molar refractivity (Wildman–Crippen MR) is 152 cm³/mol. The van der Waals surface area contributed by atoms with E-state index in [0.29, 0.717) is 5.56 Å². The SMILES string of the molecule is Cc1cc(C(=O)O)ccc1C1c2ccc(N3CCCC3)cc2[Si](C)(C)c2cc(N3CCCC3)ccc21. The first-order valence-electron chi connectivity index (χ1n) is 13.5. The van der Waals surface area contributed by atoms with Gasteiger partial charge < -0.3 is 14.9 Å². The quantitative estimate of drug-likeness (QED) is 0.504. The van der Waals surface area contributed by atoms with E-state index in [1.807, 2.05) is 6.07 Å². The van der Waals surface area contributed by atoms with Crippen molar-refractivity contribution in [2.45, 2.75) is 51.6 Å². The van der Waals surface area contributed by atoms with Crippen LogP contribution in [0.2, 0.25) is 13.1 Å². The fraction of sp³-hybridized carbons (Fsp3) is 0.387. The summed E-state index contributed by atoms with van der Waals surface area (Å²) in [7, 11) is -1.96. The average molecular weight is 497 g/mol. The minimum absolute atomic E-state index is 0.124. The van der Waals surface area contributed by atoms with Gasteiger partial charge in [-0.15, -0.1) is 0 Å². The summed E-state index contributed by atoms with van der Waals surface area (Å²) in [5.41, 5.74) is 8.16. The second-order valence-corrected chi connectivity index (χ2v) is 15.7. The molecule has 3 aromatic carbocycles. The Morgan fingerprint density at radius 1 is 0.750 bits per heavy atom. The van der Waals surface area contributed by atoms with Crippen molar-refractivity contribution in [2.75, 3.05) is 36.0 Å². The highest BCUT2D eigenvalue weighted by molar-refractivity contribution is 7.01. The van der Waals surface area contributed by atoms with Crippen molar-refractivity contribution < 1.29 is 9.90 Å². The zero-order chi connectivity index (χ0) is 25.0. The van der Waals surface area contributed by atoms with E-state index < -0.39 is 14.0 Å². The second kappa shape index (κ2) is 8.81. The Hall–Kier alpha value is -3.05. The first-order valence-corrected chi connectivity index (χ1v) is 16.5. The smallest absolute Gasteiger partial charge is 0.335 e. The third-order valence-corrected chi connectivity index (χ3v) is 12.4. The van der Waals surface area contributed by atoms with Crippen LogP contribution in [-0.2, 0) is 0 Å². The molecule has 5 heteroatoms. The molecule has 1 N–H and O–H groups in total. The van der Waals surface area contributed by atoms with E-state index in [2.05, 4.69) is 72.3 Å². The molecule has 2 fully saturated rings. The molecule has 4 nitrogen and oxygen atoms in total. The van der Waals surface area contributed by atoms with Crippen LogP contribution in [-0.4, -0.2) is 45.3 Å². The lowest BCUT2D eigenvalue weighted by Gasteiger charge is -2.40. The number of hydrogen-bond donors (Lipinski definition) is 1. The molecule has 0 saturated carbocycles. The lowest BCUT2D eigenvalue weighted by molar-refractivity contribution is 0.0696. The molecule has 3 aliphatic rings. The third kappa shape index (κ3) is 3.76. The predicted octanol–water partition coefficient (Wildman–Crippen LogP) is 5.21. The molecule has 2 saturated heterocycles. The number of rotatable bonds is 4. The Kier molecular flexibility index (Phi) is 5.71. The lowest BCUT2D eigenvalue weighted by Crippen LogP contribution is -2.59. The molecule has 0 atom stereocenters. The number of carboxylic acid groups (broad SMARTS) is 1. The molecular formula is C31H36N2O2Si. The molecule has 3 aliphatic heterocycles. The van der Waals surface area contributed by atoms with Crippen LogP contribution in [0.1, 0.15) is 64.2 Å². The Balaban J connectivity index is 1.55. The summed E-state index contributed by atoms with van der Waals surface area (Å²) >= 11 is 0. The summed E-state index contributed by atoms with van der Waals surface area (Å²) < 4.78 is 0. The molecule has 6 rings (SSSR count). The van der Waals surface area contributed by atoms with Crippen LogP contribution in [0.3, 0.4) is 0 Å². The molecule has 0 radical (unpaired) electrons. The summed E-state index contributed by atoms with van der Waals surface area (Å²) in [5.74, 6) is -0.744. The van der Waals surface area contributed by atoms with Gasteiger partial charge in [-0.3, -0.25) is 0 Å². The first kappa shape index (κ1) is 23.4. The maximum atomic E-state index is 11.6. The van der Waals surface area contributed by atoms with Crippen LogP contribution in [0.15, 0.2) is 54.6 Å². The molecule has 36 heavy (non-hydrogen) atoms. The number of anilines is 2.